The van der Waals surface area contributed by atoms with E-state index in [4.69, 9.17) is 21.8 Å². The minimum Gasteiger partial charge on any atom is -0.459 e. The summed E-state index contributed by atoms with van der Waals surface area (Å²) in [6.07, 6.45) is 0.758. The highest BCUT2D eigenvalue weighted by molar-refractivity contribution is 6.31. The molecule has 1 unspecified atom stereocenters. The molecule has 0 saturated heterocycles. The summed E-state index contributed by atoms with van der Waals surface area (Å²) in [7, 11) is 0. The van der Waals surface area contributed by atoms with Crippen LogP contribution in [0.5, 0.6) is 0 Å². The molecule has 102 valence electrons. The van der Waals surface area contributed by atoms with Gasteiger partial charge >= 0.3 is 0 Å². The van der Waals surface area contributed by atoms with E-state index in [1.54, 1.807) is 0 Å². The molecule has 0 aliphatic rings. The molecule has 0 aliphatic heterocycles. The van der Waals surface area contributed by atoms with Gasteiger partial charge in [0.05, 0.1) is 6.04 Å². The SMILES string of the molecule is Cc1ccc(CC(N)c2cc3cc(Cl)ccc3o2)cc1. The van der Waals surface area contributed by atoms with Crippen LogP contribution < -0.4 is 5.73 Å². The molecule has 0 bridgehead atoms. The van der Waals surface area contributed by atoms with Gasteiger partial charge in [0.1, 0.15) is 11.3 Å². The number of benzene rings is 2. The number of fused-ring (bicyclic) bond motifs is 1. The highest BCUT2D eigenvalue weighted by Gasteiger charge is 2.13. The molecular formula is C17H16ClNO. The number of nitrogens with two attached hydrogens (primary N) is 1. The van der Waals surface area contributed by atoms with E-state index >= 15 is 0 Å². The summed E-state index contributed by atoms with van der Waals surface area (Å²) in [5, 5.41) is 1.70. The monoisotopic (exact) mass is 285 g/mol. The van der Waals surface area contributed by atoms with Crippen molar-refractivity contribution in [2.24, 2.45) is 5.73 Å². The van der Waals surface area contributed by atoms with Crippen LogP contribution in [0, 0.1) is 6.92 Å². The van der Waals surface area contributed by atoms with Crippen molar-refractivity contribution in [3.63, 3.8) is 0 Å². The van der Waals surface area contributed by atoms with E-state index in [0.717, 1.165) is 23.2 Å². The molecule has 0 fully saturated rings. The third kappa shape index (κ3) is 2.72. The van der Waals surface area contributed by atoms with Gasteiger partial charge < -0.3 is 10.2 Å². The first-order chi connectivity index (χ1) is 9.61. The molecule has 2 N–H and O–H groups in total. The van der Waals surface area contributed by atoms with Crippen molar-refractivity contribution in [2.75, 3.05) is 0 Å². The highest BCUT2D eigenvalue weighted by atomic mass is 35.5. The van der Waals surface area contributed by atoms with E-state index in [1.807, 2.05) is 24.3 Å². The first kappa shape index (κ1) is 13.2. The largest absolute Gasteiger partial charge is 0.459 e. The lowest BCUT2D eigenvalue weighted by Crippen LogP contribution is -2.12. The molecule has 0 aliphatic carbocycles. The van der Waals surface area contributed by atoms with Crippen molar-refractivity contribution in [3.8, 4) is 0 Å². The first-order valence-corrected chi connectivity index (χ1v) is 7.00. The Balaban J connectivity index is 1.84. The Morgan fingerprint density at radius 2 is 1.85 bits per heavy atom. The van der Waals surface area contributed by atoms with Gasteiger partial charge in [-0.15, -0.1) is 0 Å². The highest BCUT2D eigenvalue weighted by Crippen LogP contribution is 2.27. The summed E-state index contributed by atoms with van der Waals surface area (Å²) < 4.78 is 5.80. The second-order valence-electron chi connectivity index (χ2n) is 5.13. The molecule has 0 amide bonds. The van der Waals surface area contributed by atoms with E-state index in [1.165, 1.54) is 11.1 Å². The van der Waals surface area contributed by atoms with E-state index in [2.05, 4.69) is 31.2 Å². The van der Waals surface area contributed by atoms with E-state index in [0.29, 0.717) is 5.02 Å². The molecule has 1 heterocycles. The summed E-state index contributed by atoms with van der Waals surface area (Å²) in [5.74, 6) is 0.794. The lowest BCUT2D eigenvalue weighted by molar-refractivity contribution is 0.494. The predicted molar refractivity (Wildman–Crippen MR) is 83.0 cm³/mol. The molecule has 0 radical (unpaired) electrons. The van der Waals surface area contributed by atoms with Gasteiger partial charge in [-0.05, 0) is 43.2 Å². The number of aryl methyl sites for hydroxylation is 1. The average molecular weight is 286 g/mol. The molecule has 20 heavy (non-hydrogen) atoms. The smallest absolute Gasteiger partial charge is 0.134 e. The molecule has 2 nitrogen and oxygen atoms in total. The Morgan fingerprint density at radius 3 is 2.60 bits per heavy atom. The zero-order valence-corrected chi connectivity index (χ0v) is 12.0. The van der Waals surface area contributed by atoms with Crippen LogP contribution in [0.4, 0.5) is 0 Å². The number of furan rings is 1. The van der Waals surface area contributed by atoms with Gasteiger partial charge in [0.2, 0.25) is 0 Å². The quantitative estimate of drug-likeness (QED) is 0.761. The van der Waals surface area contributed by atoms with Crippen LogP contribution in [0.3, 0.4) is 0 Å². The standard InChI is InChI=1S/C17H16ClNO/c1-11-2-4-12(5-3-11)8-15(19)17-10-13-9-14(18)6-7-16(13)20-17/h2-7,9-10,15H,8,19H2,1H3. The molecule has 1 atom stereocenters. The fourth-order valence-corrected chi connectivity index (χ4v) is 2.48. The van der Waals surface area contributed by atoms with Gasteiger partial charge in [0.25, 0.3) is 0 Å². The fraction of sp³-hybridized carbons (Fsp3) is 0.176. The van der Waals surface area contributed by atoms with Crippen LogP contribution in [-0.4, -0.2) is 0 Å². The Labute approximate surface area is 123 Å². The van der Waals surface area contributed by atoms with E-state index < -0.39 is 0 Å². The van der Waals surface area contributed by atoms with Gasteiger partial charge in [-0.3, -0.25) is 0 Å². The fourth-order valence-electron chi connectivity index (χ4n) is 2.30. The van der Waals surface area contributed by atoms with E-state index in [-0.39, 0.29) is 6.04 Å². The second kappa shape index (κ2) is 5.31. The van der Waals surface area contributed by atoms with Crippen LogP contribution in [0.25, 0.3) is 11.0 Å². The molecule has 0 spiro atoms. The van der Waals surface area contributed by atoms with Crippen molar-refractivity contribution in [2.45, 2.75) is 19.4 Å². The van der Waals surface area contributed by atoms with Crippen LogP contribution in [-0.2, 0) is 6.42 Å². The molecule has 0 saturated carbocycles. The first-order valence-electron chi connectivity index (χ1n) is 6.62. The summed E-state index contributed by atoms with van der Waals surface area (Å²) in [6.45, 7) is 2.08. The molecule has 2 aromatic carbocycles. The number of halogens is 1. The summed E-state index contributed by atoms with van der Waals surface area (Å²) in [6, 6.07) is 15.8. The normalized spacial score (nSPS) is 12.8. The van der Waals surface area contributed by atoms with Crippen molar-refractivity contribution in [1.82, 2.24) is 0 Å². The number of hydrogen-bond acceptors (Lipinski definition) is 2. The third-order valence-corrected chi connectivity index (χ3v) is 3.67. The van der Waals surface area contributed by atoms with Gasteiger partial charge in [-0.1, -0.05) is 41.4 Å². The van der Waals surface area contributed by atoms with Gasteiger partial charge in [-0.25, -0.2) is 0 Å². The lowest BCUT2D eigenvalue weighted by atomic mass is 10.0. The van der Waals surface area contributed by atoms with Crippen molar-refractivity contribution >= 4 is 22.6 Å². The van der Waals surface area contributed by atoms with Crippen molar-refractivity contribution in [3.05, 3.63) is 70.4 Å². The third-order valence-electron chi connectivity index (χ3n) is 3.44. The minimum atomic E-state index is -0.149. The van der Waals surface area contributed by atoms with Crippen LogP contribution in [0.2, 0.25) is 5.02 Å². The van der Waals surface area contributed by atoms with Crippen molar-refractivity contribution in [1.29, 1.82) is 0 Å². The Hall–Kier alpha value is -1.77. The Bertz CT molecular complexity index is 730. The second-order valence-corrected chi connectivity index (χ2v) is 5.56. The maximum atomic E-state index is 6.24. The summed E-state index contributed by atoms with van der Waals surface area (Å²) >= 11 is 5.98. The van der Waals surface area contributed by atoms with Crippen LogP contribution >= 0.6 is 11.6 Å². The van der Waals surface area contributed by atoms with Gasteiger partial charge in [-0.2, -0.15) is 0 Å². The molecule has 1 aromatic heterocycles. The molecule has 3 rings (SSSR count). The van der Waals surface area contributed by atoms with Crippen LogP contribution in [0.1, 0.15) is 22.9 Å². The molecular weight excluding hydrogens is 270 g/mol. The number of rotatable bonds is 3. The topological polar surface area (TPSA) is 39.2 Å². The zero-order valence-electron chi connectivity index (χ0n) is 11.3. The summed E-state index contributed by atoms with van der Waals surface area (Å²) in [5.41, 5.74) is 9.52. The average Bonchev–Trinajstić information content (AvgIpc) is 2.84. The van der Waals surface area contributed by atoms with Gasteiger partial charge in [0, 0.05) is 10.4 Å². The Kier molecular flexibility index (Phi) is 3.51. The lowest BCUT2D eigenvalue weighted by Gasteiger charge is -2.08. The van der Waals surface area contributed by atoms with Crippen molar-refractivity contribution < 1.29 is 4.42 Å². The maximum absolute atomic E-state index is 6.24. The van der Waals surface area contributed by atoms with Crippen LogP contribution in [0.15, 0.2) is 52.9 Å². The molecule has 3 aromatic rings. The maximum Gasteiger partial charge on any atom is 0.134 e. The summed E-state index contributed by atoms with van der Waals surface area (Å²) in [4.78, 5) is 0. The van der Waals surface area contributed by atoms with E-state index in [9.17, 15) is 0 Å². The zero-order chi connectivity index (χ0) is 14.1. The molecule has 3 heteroatoms. The predicted octanol–water partition coefficient (Wildman–Crippen LogP) is 4.64. The number of hydrogen-bond donors (Lipinski definition) is 1. The Morgan fingerprint density at radius 1 is 1.10 bits per heavy atom. The minimum absolute atomic E-state index is 0.149. The van der Waals surface area contributed by atoms with Gasteiger partial charge in [0.15, 0.2) is 0 Å².